The van der Waals surface area contributed by atoms with Gasteiger partial charge in [0.25, 0.3) is 0 Å². The van der Waals surface area contributed by atoms with Crippen LogP contribution < -0.4 is 10.1 Å². The summed E-state index contributed by atoms with van der Waals surface area (Å²) in [5.74, 6) is -1.16. The molecule has 0 aliphatic rings. The van der Waals surface area contributed by atoms with E-state index >= 15 is 0 Å². The molecule has 1 amide bonds. The number of anilines is 1. The smallest absolute Gasteiger partial charge is 0.239 e. The average Bonchev–Trinajstić information content (AvgIpc) is 3.20. The maximum absolute atomic E-state index is 12.4. The number of nitrogens with one attached hydrogen (secondary N) is 1. The van der Waals surface area contributed by atoms with Gasteiger partial charge in [-0.1, -0.05) is 24.3 Å². The quantitative estimate of drug-likeness (QED) is 0.591. The third-order valence-electron chi connectivity index (χ3n) is 3.84. The van der Waals surface area contributed by atoms with E-state index in [1.165, 1.54) is 11.3 Å². The van der Waals surface area contributed by atoms with Gasteiger partial charge in [-0.2, -0.15) is 5.26 Å². The molecule has 0 radical (unpaired) electrons. The number of para-hydroxylation sites is 2. The van der Waals surface area contributed by atoms with Crippen molar-refractivity contribution in [3.8, 4) is 11.8 Å². The van der Waals surface area contributed by atoms with Crippen molar-refractivity contribution in [1.82, 2.24) is 4.98 Å². The van der Waals surface area contributed by atoms with E-state index in [1.807, 2.05) is 11.4 Å². The van der Waals surface area contributed by atoms with Gasteiger partial charge in [-0.15, -0.1) is 11.3 Å². The maximum Gasteiger partial charge on any atom is 0.239 e. The molecule has 0 bridgehead atoms. The fraction of sp³-hybridized carbons (Fsp3) is 0.150. The number of amides is 1. The molecule has 29 heavy (non-hydrogen) atoms. The Kier molecular flexibility index (Phi) is 6.59. The molecule has 0 fully saturated rings. The Labute approximate surface area is 172 Å². The molecule has 0 unspecified atom stereocenters. The molecule has 1 heterocycles. The first-order valence-corrected chi connectivity index (χ1v) is 11.3. The molecule has 0 aliphatic carbocycles. The minimum atomic E-state index is -3.68. The van der Waals surface area contributed by atoms with Crippen LogP contribution in [0.5, 0.6) is 5.75 Å². The van der Waals surface area contributed by atoms with Crippen LogP contribution in [0.15, 0.2) is 59.4 Å². The Morgan fingerprint density at radius 1 is 1.17 bits per heavy atom. The average molecular weight is 428 g/mol. The van der Waals surface area contributed by atoms with Crippen molar-refractivity contribution in [2.75, 3.05) is 11.1 Å². The molecular formula is C20H17N3O4S2. The summed E-state index contributed by atoms with van der Waals surface area (Å²) in [6.07, 6.45) is 0. The van der Waals surface area contributed by atoms with E-state index in [9.17, 15) is 13.2 Å². The summed E-state index contributed by atoms with van der Waals surface area (Å²) < 4.78 is 30.4. The van der Waals surface area contributed by atoms with Gasteiger partial charge in [-0.05, 0) is 29.8 Å². The zero-order valence-corrected chi connectivity index (χ0v) is 16.9. The lowest BCUT2D eigenvalue weighted by molar-refractivity contribution is -0.113. The molecule has 3 aromatic rings. The van der Waals surface area contributed by atoms with Crippen molar-refractivity contribution in [3.05, 3.63) is 76.2 Å². The van der Waals surface area contributed by atoms with Gasteiger partial charge in [0.1, 0.15) is 18.1 Å². The lowest BCUT2D eigenvalue weighted by atomic mass is 10.2. The Morgan fingerprint density at radius 3 is 2.62 bits per heavy atom. The number of nitriles is 1. The Bertz CT molecular complexity index is 1120. The number of thiazole rings is 1. The number of benzene rings is 2. The van der Waals surface area contributed by atoms with Crippen molar-refractivity contribution in [3.63, 3.8) is 0 Å². The number of nitrogens with zero attached hydrogens (tertiary/aromatic N) is 2. The van der Waals surface area contributed by atoms with Crippen LogP contribution in [0, 0.1) is 11.3 Å². The molecular weight excluding hydrogens is 410 g/mol. The van der Waals surface area contributed by atoms with Crippen molar-refractivity contribution < 1.29 is 17.9 Å². The van der Waals surface area contributed by atoms with Gasteiger partial charge in [0.05, 0.1) is 34.3 Å². The van der Waals surface area contributed by atoms with Crippen molar-refractivity contribution in [2.45, 2.75) is 12.4 Å². The number of sulfone groups is 1. The van der Waals surface area contributed by atoms with Gasteiger partial charge in [0.15, 0.2) is 9.84 Å². The minimum Gasteiger partial charge on any atom is -0.485 e. The predicted octanol–water partition coefficient (Wildman–Crippen LogP) is 3.15. The Hall–Kier alpha value is -3.22. The first kappa shape index (κ1) is 20.5. The molecule has 0 atom stereocenters. The molecule has 148 valence electrons. The summed E-state index contributed by atoms with van der Waals surface area (Å²) in [7, 11) is -3.68. The SMILES string of the molecule is N#Cc1ccc(CS(=O)(=O)CC(=O)Nc2ccccc2OCc2cscn2)cc1. The number of ether oxygens (including phenoxy) is 1. The van der Waals surface area contributed by atoms with Crippen LogP contribution in [0.3, 0.4) is 0 Å². The van der Waals surface area contributed by atoms with Gasteiger partial charge < -0.3 is 10.1 Å². The van der Waals surface area contributed by atoms with Gasteiger partial charge in [-0.3, -0.25) is 4.79 Å². The molecule has 1 N–H and O–H groups in total. The van der Waals surface area contributed by atoms with E-state index in [0.717, 1.165) is 5.69 Å². The summed E-state index contributed by atoms with van der Waals surface area (Å²) in [5, 5.41) is 13.3. The summed E-state index contributed by atoms with van der Waals surface area (Å²) >= 11 is 1.46. The number of carbonyl (C=O) groups is 1. The molecule has 0 aliphatic heterocycles. The van der Waals surface area contributed by atoms with E-state index < -0.39 is 21.5 Å². The molecule has 0 saturated heterocycles. The summed E-state index contributed by atoms with van der Waals surface area (Å²) in [6.45, 7) is 0.243. The number of hydrogen-bond donors (Lipinski definition) is 1. The molecule has 3 rings (SSSR count). The van der Waals surface area contributed by atoms with Gasteiger partial charge in [0, 0.05) is 5.38 Å². The fourth-order valence-corrected chi connectivity index (χ4v) is 4.34. The van der Waals surface area contributed by atoms with Crippen LogP contribution in [0.25, 0.3) is 0 Å². The zero-order valence-electron chi connectivity index (χ0n) is 15.2. The second-order valence-corrected chi connectivity index (χ2v) is 8.94. The van der Waals surface area contributed by atoms with E-state index in [-0.39, 0.29) is 12.4 Å². The van der Waals surface area contributed by atoms with E-state index in [2.05, 4.69) is 10.3 Å². The van der Waals surface area contributed by atoms with E-state index in [0.29, 0.717) is 22.6 Å². The van der Waals surface area contributed by atoms with Crippen molar-refractivity contribution in [1.29, 1.82) is 5.26 Å². The largest absolute Gasteiger partial charge is 0.485 e. The van der Waals surface area contributed by atoms with Crippen molar-refractivity contribution in [2.24, 2.45) is 0 Å². The maximum atomic E-state index is 12.4. The molecule has 0 saturated carbocycles. The third kappa shape index (κ3) is 6.14. The Balaban J connectivity index is 1.61. The molecule has 1 aromatic heterocycles. The number of rotatable bonds is 8. The first-order valence-electron chi connectivity index (χ1n) is 8.53. The van der Waals surface area contributed by atoms with Crippen LogP contribution in [0.4, 0.5) is 5.69 Å². The summed E-state index contributed by atoms with van der Waals surface area (Å²) in [4.78, 5) is 16.4. The van der Waals surface area contributed by atoms with Crippen LogP contribution in [-0.4, -0.2) is 25.1 Å². The summed E-state index contributed by atoms with van der Waals surface area (Å²) in [6, 6.07) is 15.0. The highest BCUT2D eigenvalue weighted by atomic mass is 32.2. The van der Waals surface area contributed by atoms with Crippen LogP contribution >= 0.6 is 11.3 Å². The third-order valence-corrected chi connectivity index (χ3v) is 5.95. The lowest BCUT2D eigenvalue weighted by Crippen LogP contribution is -2.24. The highest BCUT2D eigenvalue weighted by molar-refractivity contribution is 7.91. The highest BCUT2D eigenvalue weighted by Gasteiger charge is 2.19. The van der Waals surface area contributed by atoms with Gasteiger partial charge in [-0.25, -0.2) is 13.4 Å². The zero-order chi connectivity index (χ0) is 20.7. The van der Waals surface area contributed by atoms with E-state index in [4.69, 9.17) is 10.00 Å². The second-order valence-electron chi connectivity index (χ2n) is 6.15. The van der Waals surface area contributed by atoms with Crippen LogP contribution in [0.2, 0.25) is 0 Å². The van der Waals surface area contributed by atoms with Gasteiger partial charge in [0.2, 0.25) is 5.91 Å². The molecule has 7 nitrogen and oxygen atoms in total. The monoisotopic (exact) mass is 427 g/mol. The van der Waals surface area contributed by atoms with Crippen LogP contribution in [0.1, 0.15) is 16.8 Å². The summed E-state index contributed by atoms with van der Waals surface area (Å²) in [5.41, 5.74) is 3.81. The molecule has 0 spiro atoms. The Morgan fingerprint density at radius 2 is 1.93 bits per heavy atom. The normalized spacial score (nSPS) is 10.9. The molecule has 9 heteroatoms. The standard InChI is InChI=1S/C20H17N3O4S2/c21-9-15-5-7-16(8-6-15)12-29(25,26)13-20(24)23-18-3-1-2-4-19(18)27-10-17-11-28-14-22-17/h1-8,11,14H,10,12-13H2,(H,23,24). The number of aromatic nitrogens is 1. The topological polar surface area (TPSA) is 109 Å². The van der Waals surface area contributed by atoms with Gasteiger partial charge >= 0.3 is 0 Å². The van der Waals surface area contributed by atoms with Crippen molar-refractivity contribution >= 4 is 32.8 Å². The lowest BCUT2D eigenvalue weighted by Gasteiger charge is -2.12. The highest BCUT2D eigenvalue weighted by Crippen LogP contribution is 2.25. The predicted molar refractivity (Wildman–Crippen MR) is 110 cm³/mol. The fourth-order valence-electron chi connectivity index (χ4n) is 2.52. The minimum absolute atomic E-state index is 0.243. The number of hydrogen-bond acceptors (Lipinski definition) is 7. The van der Waals surface area contributed by atoms with Crippen LogP contribution in [-0.2, 0) is 27.0 Å². The second kappa shape index (κ2) is 9.32. The molecule has 2 aromatic carbocycles. The first-order chi connectivity index (χ1) is 13.9. The number of carbonyl (C=O) groups excluding carboxylic acids is 1. The van der Waals surface area contributed by atoms with E-state index in [1.54, 1.807) is 54.0 Å².